The quantitative estimate of drug-likeness (QED) is 0.673. The number of amides is 1. The highest BCUT2D eigenvalue weighted by Crippen LogP contribution is 2.01. The molecule has 1 atom stereocenters. The number of nitrogens with zero attached hydrogens (tertiary/aromatic N) is 2. The zero-order valence-electron chi connectivity index (χ0n) is 11.2. The number of hydrogen-bond acceptors (Lipinski definition) is 3. The first-order chi connectivity index (χ1) is 7.52. The van der Waals surface area contributed by atoms with Crippen molar-refractivity contribution in [1.29, 1.82) is 0 Å². The molecule has 0 aliphatic heterocycles. The summed E-state index contributed by atoms with van der Waals surface area (Å²) in [5.74, 6) is 0.102. The molecule has 0 spiro atoms. The minimum Gasteiger partial charge on any atom is -0.340 e. The lowest BCUT2D eigenvalue weighted by Crippen LogP contribution is -2.46. The van der Waals surface area contributed by atoms with Crippen LogP contribution in [0.2, 0.25) is 0 Å². The fraction of sp³-hybridized carbons (Fsp3) is 0.917. The zero-order chi connectivity index (χ0) is 12.6. The summed E-state index contributed by atoms with van der Waals surface area (Å²) >= 11 is 0. The molecule has 0 aromatic rings. The van der Waals surface area contributed by atoms with Crippen molar-refractivity contribution in [3.8, 4) is 0 Å². The van der Waals surface area contributed by atoms with E-state index in [1.807, 2.05) is 19.0 Å². The number of likely N-dealkylation sites (N-methyl/N-ethyl adjacent to an activating group) is 1. The Balaban J connectivity index is 4.22. The summed E-state index contributed by atoms with van der Waals surface area (Å²) in [6.07, 6.45) is 2.72. The molecule has 0 saturated heterocycles. The van der Waals surface area contributed by atoms with Gasteiger partial charge in [0.1, 0.15) is 0 Å². The van der Waals surface area contributed by atoms with Gasteiger partial charge in [0.25, 0.3) is 0 Å². The van der Waals surface area contributed by atoms with Gasteiger partial charge in [-0.15, -0.1) is 0 Å². The van der Waals surface area contributed by atoms with Gasteiger partial charge in [0.2, 0.25) is 5.91 Å². The van der Waals surface area contributed by atoms with Gasteiger partial charge in [0.15, 0.2) is 0 Å². The number of nitrogens with two attached hydrogens (primary N) is 1. The number of carbonyl (C=O) groups excluding carboxylic acids is 1. The van der Waals surface area contributed by atoms with Crippen molar-refractivity contribution in [2.75, 3.05) is 33.7 Å². The Morgan fingerprint density at radius 1 is 1.12 bits per heavy atom. The summed E-state index contributed by atoms with van der Waals surface area (Å²) in [5.41, 5.74) is 5.86. The standard InChI is InChI=1S/C12H27N3O/c1-5-7-11(13)12(16)15(8-6-2)10-9-14(3)4/h11H,5-10,13H2,1-4H3. The van der Waals surface area contributed by atoms with Crippen molar-refractivity contribution in [3.63, 3.8) is 0 Å². The Hall–Kier alpha value is -0.610. The van der Waals surface area contributed by atoms with E-state index in [1.54, 1.807) is 0 Å². The van der Waals surface area contributed by atoms with Gasteiger partial charge in [-0.25, -0.2) is 0 Å². The average molecular weight is 229 g/mol. The van der Waals surface area contributed by atoms with E-state index in [2.05, 4.69) is 18.7 Å². The van der Waals surface area contributed by atoms with Crippen LogP contribution in [-0.4, -0.2) is 55.5 Å². The molecule has 16 heavy (non-hydrogen) atoms. The van der Waals surface area contributed by atoms with Crippen molar-refractivity contribution < 1.29 is 4.79 Å². The van der Waals surface area contributed by atoms with Crippen LogP contribution in [0.4, 0.5) is 0 Å². The van der Waals surface area contributed by atoms with Crippen molar-refractivity contribution in [3.05, 3.63) is 0 Å². The first-order valence-electron chi connectivity index (χ1n) is 6.22. The third-order valence-corrected chi connectivity index (χ3v) is 2.54. The molecule has 0 fully saturated rings. The van der Waals surface area contributed by atoms with Crippen LogP contribution in [0, 0.1) is 0 Å². The van der Waals surface area contributed by atoms with Gasteiger partial charge in [-0.1, -0.05) is 20.3 Å². The van der Waals surface area contributed by atoms with Crippen LogP contribution in [0.3, 0.4) is 0 Å². The molecule has 0 radical (unpaired) electrons. The highest BCUT2D eigenvalue weighted by atomic mass is 16.2. The third kappa shape index (κ3) is 6.08. The van der Waals surface area contributed by atoms with Gasteiger partial charge in [-0.2, -0.15) is 0 Å². The number of hydrogen-bond donors (Lipinski definition) is 1. The molecule has 0 rings (SSSR count). The molecule has 0 bridgehead atoms. The maximum absolute atomic E-state index is 12.0. The van der Waals surface area contributed by atoms with E-state index < -0.39 is 0 Å². The van der Waals surface area contributed by atoms with E-state index in [-0.39, 0.29) is 11.9 Å². The highest BCUT2D eigenvalue weighted by Gasteiger charge is 2.19. The van der Waals surface area contributed by atoms with Crippen LogP contribution in [0.5, 0.6) is 0 Å². The first kappa shape index (κ1) is 15.4. The molecule has 0 aliphatic rings. The van der Waals surface area contributed by atoms with Crippen LogP contribution < -0.4 is 5.73 Å². The molecule has 0 saturated carbocycles. The minimum absolute atomic E-state index is 0.102. The largest absolute Gasteiger partial charge is 0.340 e. The van der Waals surface area contributed by atoms with E-state index in [0.717, 1.165) is 38.9 Å². The van der Waals surface area contributed by atoms with Gasteiger partial charge in [-0.3, -0.25) is 4.79 Å². The fourth-order valence-electron chi connectivity index (χ4n) is 1.59. The second-order valence-electron chi connectivity index (χ2n) is 4.52. The van der Waals surface area contributed by atoms with Crippen LogP contribution in [0.15, 0.2) is 0 Å². The minimum atomic E-state index is -0.321. The Bertz CT molecular complexity index is 195. The topological polar surface area (TPSA) is 49.6 Å². The van der Waals surface area contributed by atoms with Crippen molar-refractivity contribution >= 4 is 5.91 Å². The smallest absolute Gasteiger partial charge is 0.239 e. The van der Waals surface area contributed by atoms with Crippen LogP contribution in [0.25, 0.3) is 0 Å². The van der Waals surface area contributed by atoms with Gasteiger partial charge in [-0.05, 0) is 26.9 Å². The fourth-order valence-corrected chi connectivity index (χ4v) is 1.59. The third-order valence-electron chi connectivity index (χ3n) is 2.54. The molecule has 96 valence electrons. The lowest BCUT2D eigenvalue weighted by atomic mass is 10.1. The average Bonchev–Trinajstić information content (AvgIpc) is 2.23. The van der Waals surface area contributed by atoms with E-state index in [0.29, 0.717) is 0 Å². The molecule has 4 heteroatoms. The Labute approximate surface area is 99.8 Å². The van der Waals surface area contributed by atoms with E-state index in [1.165, 1.54) is 0 Å². The molecule has 0 aliphatic carbocycles. The normalized spacial score (nSPS) is 12.9. The summed E-state index contributed by atoms with van der Waals surface area (Å²) in [7, 11) is 4.03. The molecule has 1 amide bonds. The maximum atomic E-state index is 12.0. The second kappa shape index (κ2) is 8.53. The van der Waals surface area contributed by atoms with E-state index in [9.17, 15) is 4.79 Å². The van der Waals surface area contributed by atoms with Crippen molar-refractivity contribution in [1.82, 2.24) is 9.80 Å². The Morgan fingerprint density at radius 2 is 1.75 bits per heavy atom. The molecular weight excluding hydrogens is 202 g/mol. The number of carbonyl (C=O) groups is 1. The van der Waals surface area contributed by atoms with Gasteiger partial charge in [0, 0.05) is 19.6 Å². The molecule has 0 aromatic carbocycles. The summed E-state index contributed by atoms with van der Waals surface area (Å²) in [5, 5.41) is 0. The lowest BCUT2D eigenvalue weighted by Gasteiger charge is -2.26. The van der Waals surface area contributed by atoms with Crippen LogP contribution in [-0.2, 0) is 4.79 Å². The molecular formula is C12H27N3O. The summed E-state index contributed by atoms with van der Waals surface area (Å²) < 4.78 is 0. The van der Waals surface area contributed by atoms with Gasteiger partial charge < -0.3 is 15.5 Å². The molecule has 0 heterocycles. The van der Waals surface area contributed by atoms with E-state index in [4.69, 9.17) is 5.73 Å². The van der Waals surface area contributed by atoms with Crippen LogP contribution >= 0.6 is 0 Å². The SMILES string of the molecule is CCCC(N)C(=O)N(CCC)CCN(C)C. The predicted molar refractivity (Wildman–Crippen MR) is 68.3 cm³/mol. The van der Waals surface area contributed by atoms with Gasteiger partial charge >= 0.3 is 0 Å². The van der Waals surface area contributed by atoms with Crippen molar-refractivity contribution in [2.24, 2.45) is 5.73 Å². The summed E-state index contributed by atoms with van der Waals surface area (Å²) in [4.78, 5) is 16.0. The van der Waals surface area contributed by atoms with Gasteiger partial charge in [0.05, 0.1) is 6.04 Å². The molecule has 0 aromatic heterocycles. The zero-order valence-corrected chi connectivity index (χ0v) is 11.2. The van der Waals surface area contributed by atoms with Crippen molar-refractivity contribution in [2.45, 2.75) is 39.2 Å². The monoisotopic (exact) mass is 229 g/mol. The molecule has 2 N–H and O–H groups in total. The predicted octanol–water partition coefficient (Wildman–Crippen LogP) is 0.914. The maximum Gasteiger partial charge on any atom is 0.239 e. The second-order valence-corrected chi connectivity index (χ2v) is 4.52. The van der Waals surface area contributed by atoms with E-state index >= 15 is 0 Å². The summed E-state index contributed by atoms with van der Waals surface area (Å²) in [6, 6.07) is -0.321. The lowest BCUT2D eigenvalue weighted by molar-refractivity contribution is -0.133. The Morgan fingerprint density at radius 3 is 2.19 bits per heavy atom. The molecule has 4 nitrogen and oxygen atoms in total. The van der Waals surface area contributed by atoms with Crippen LogP contribution in [0.1, 0.15) is 33.1 Å². The highest BCUT2D eigenvalue weighted by molar-refractivity contribution is 5.81. The Kier molecular flexibility index (Phi) is 8.21. The first-order valence-corrected chi connectivity index (χ1v) is 6.22. The summed E-state index contributed by atoms with van der Waals surface area (Å²) in [6.45, 7) is 6.62. The molecule has 1 unspecified atom stereocenters. The number of rotatable bonds is 8.